The predicted octanol–water partition coefficient (Wildman–Crippen LogP) is 2.63. The van der Waals surface area contributed by atoms with Crippen molar-refractivity contribution in [2.75, 3.05) is 19.0 Å². The highest BCUT2D eigenvalue weighted by molar-refractivity contribution is 5.92. The van der Waals surface area contributed by atoms with Gasteiger partial charge in [-0.15, -0.1) is 0 Å². The van der Waals surface area contributed by atoms with Gasteiger partial charge in [0.05, 0.1) is 12.7 Å². The van der Waals surface area contributed by atoms with Crippen LogP contribution in [0.25, 0.3) is 0 Å². The molecule has 0 radical (unpaired) electrons. The highest BCUT2D eigenvalue weighted by atomic mass is 19.1. The Labute approximate surface area is 126 Å². The summed E-state index contributed by atoms with van der Waals surface area (Å²) in [6.07, 6.45) is 0. The van der Waals surface area contributed by atoms with Gasteiger partial charge in [-0.1, -0.05) is 6.07 Å². The van der Waals surface area contributed by atoms with Crippen molar-refractivity contribution in [2.45, 2.75) is 0 Å². The molecule has 0 saturated heterocycles. The first-order valence-electron chi connectivity index (χ1n) is 6.45. The maximum Gasteiger partial charge on any atom is 0.337 e. The van der Waals surface area contributed by atoms with Crippen LogP contribution >= 0.6 is 0 Å². The Morgan fingerprint density at radius 2 is 1.86 bits per heavy atom. The summed E-state index contributed by atoms with van der Waals surface area (Å²) in [4.78, 5) is 22.9. The molecule has 0 aromatic heterocycles. The zero-order chi connectivity index (χ0) is 15.9. The van der Waals surface area contributed by atoms with Gasteiger partial charge >= 0.3 is 5.97 Å². The molecule has 114 valence electrons. The number of carbonyl (C=O) groups excluding carboxylic acids is 2. The number of methoxy groups -OCH3 is 1. The average Bonchev–Trinajstić information content (AvgIpc) is 2.52. The van der Waals surface area contributed by atoms with Crippen LogP contribution in [0.2, 0.25) is 0 Å². The van der Waals surface area contributed by atoms with Gasteiger partial charge < -0.3 is 14.8 Å². The molecule has 6 heteroatoms. The van der Waals surface area contributed by atoms with E-state index in [-0.39, 0.29) is 6.61 Å². The van der Waals surface area contributed by atoms with E-state index in [1.807, 2.05) is 0 Å². The number of benzene rings is 2. The first-order valence-corrected chi connectivity index (χ1v) is 6.45. The number of halogens is 1. The number of rotatable bonds is 5. The molecule has 2 rings (SSSR count). The fourth-order valence-corrected chi connectivity index (χ4v) is 1.72. The van der Waals surface area contributed by atoms with Crippen molar-refractivity contribution in [1.29, 1.82) is 0 Å². The zero-order valence-corrected chi connectivity index (χ0v) is 11.8. The van der Waals surface area contributed by atoms with Crippen LogP contribution in [-0.4, -0.2) is 25.6 Å². The van der Waals surface area contributed by atoms with Crippen molar-refractivity contribution in [3.63, 3.8) is 0 Å². The summed E-state index contributed by atoms with van der Waals surface area (Å²) in [5, 5.41) is 2.51. The molecule has 0 unspecified atom stereocenters. The molecule has 22 heavy (non-hydrogen) atoms. The standard InChI is InChI=1S/C16H14FNO4/c1-21-16(20)11-5-7-14(8-6-11)22-10-15(19)18-13-4-2-3-12(17)9-13/h2-9H,10H2,1H3,(H,18,19). The number of carbonyl (C=O) groups is 2. The third-order valence-electron chi connectivity index (χ3n) is 2.75. The number of amides is 1. The van der Waals surface area contributed by atoms with Gasteiger partial charge in [0.1, 0.15) is 11.6 Å². The van der Waals surface area contributed by atoms with E-state index < -0.39 is 17.7 Å². The van der Waals surface area contributed by atoms with E-state index in [0.717, 1.165) is 0 Å². The van der Waals surface area contributed by atoms with E-state index in [1.54, 1.807) is 18.2 Å². The molecule has 0 atom stereocenters. The van der Waals surface area contributed by atoms with Crippen molar-refractivity contribution in [3.8, 4) is 5.75 Å². The van der Waals surface area contributed by atoms with Gasteiger partial charge in [0.15, 0.2) is 6.61 Å². The summed E-state index contributed by atoms with van der Waals surface area (Å²) in [6.45, 7) is -0.228. The smallest absolute Gasteiger partial charge is 0.337 e. The fraction of sp³-hybridized carbons (Fsp3) is 0.125. The second kappa shape index (κ2) is 7.21. The Bertz CT molecular complexity index is 670. The third kappa shape index (κ3) is 4.31. The lowest BCUT2D eigenvalue weighted by molar-refractivity contribution is -0.118. The van der Waals surface area contributed by atoms with Crippen LogP contribution in [-0.2, 0) is 9.53 Å². The summed E-state index contributed by atoms with van der Waals surface area (Å²) < 4.78 is 22.8. The van der Waals surface area contributed by atoms with Crippen LogP contribution < -0.4 is 10.1 Å². The largest absolute Gasteiger partial charge is 0.484 e. The molecule has 0 aliphatic carbocycles. The van der Waals surface area contributed by atoms with Gasteiger partial charge in [0, 0.05) is 5.69 Å². The first-order chi connectivity index (χ1) is 10.6. The van der Waals surface area contributed by atoms with E-state index in [4.69, 9.17) is 4.74 Å². The highest BCUT2D eigenvalue weighted by Crippen LogP contribution is 2.13. The lowest BCUT2D eigenvalue weighted by Gasteiger charge is -2.08. The number of nitrogens with one attached hydrogen (secondary N) is 1. The molecule has 1 N–H and O–H groups in total. The molecule has 2 aromatic carbocycles. The van der Waals surface area contributed by atoms with Gasteiger partial charge in [0.25, 0.3) is 5.91 Å². The molecule has 0 bridgehead atoms. The number of ether oxygens (including phenoxy) is 2. The quantitative estimate of drug-likeness (QED) is 0.862. The minimum absolute atomic E-state index is 0.228. The Hall–Kier alpha value is -2.89. The first kappa shape index (κ1) is 15.5. The van der Waals surface area contributed by atoms with E-state index in [9.17, 15) is 14.0 Å². The second-order valence-electron chi connectivity index (χ2n) is 4.36. The SMILES string of the molecule is COC(=O)c1ccc(OCC(=O)Nc2cccc(F)c2)cc1. The van der Waals surface area contributed by atoms with Crippen LogP contribution in [0.1, 0.15) is 10.4 Å². The highest BCUT2D eigenvalue weighted by Gasteiger charge is 2.07. The Balaban J connectivity index is 1.87. The fourth-order valence-electron chi connectivity index (χ4n) is 1.72. The molecule has 5 nitrogen and oxygen atoms in total. The van der Waals surface area contributed by atoms with Crippen LogP contribution in [0, 0.1) is 5.82 Å². The van der Waals surface area contributed by atoms with Gasteiger partial charge in [-0.3, -0.25) is 4.79 Å². The summed E-state index contributed by atoms with van der Waals surface area (Å²) in [5.41, 5.74) is 0.744. The normalized spacial score (nSPS) is 9.91. The maximum atomic E-state index is 13.0. The molecule has 0 spiro atoms. The monoisotopic (exact) mass is 303 g/mol. The van der Waals surface area contributed by atoms with Gasteiger partial charge in [0.2, 0.25) is 0 Å². The minimum Gasteiger partial charge on any atom is -0.484 e. The van der Waals surface area contributed by atoms with Crippen LogP contribution in [0.3, 0.4) is 0 Å². The summed E-state index contributed by atoms with van der Waals surface area (Å²) in [6, 6.07) is 11.8. The zero-order valence-electron chi connectivity index (χ0n) is 11.8. The van der Waals surface area contributed by atoms with Crippen molar-refractivity contribution in [2.24, 2.45) is 0 Å². The van der Waals surface area contributed by atoms with Crippen LogP contribution in [0.15, 0.2) is 48.5 Å². The molecule has 0 heterocycles. The van der Waals surface area contributed by atoms with E-state index in [2.05, 4.69) is 10.1 Å². The maximum absolute atomic E-state index is 13.0. The molecule has 0 aliphatic rings. The lowest BCUT2D eigenvalue weighted by Crippen LogP contribution is -2.20. The Morgan fingerprint density at radius 1 is 1.14 bits per heavy atom. The lowest BCUT2D eigenvalue weighted by atomic mass is 10.2. The van der Waals surface area contributed by atoms with Crippen LogP contribution in [0.4, 0.5) is 10.1 Å². The summed E-state index contributed by atoms with van der Waals surface area (Å²) >= 11 is 0. The molecule has 0 fully saturated rings. The van der Waals surface area contributed by atoms with Gasteiger partial charge in [-0.2, -0.15) is 0 Å². The minimum atomic E-state index is -0.449. The Morgan fingerprint density at radius 3 is 2.50 bits per heavy atom. The molecular formula is C16H14FNO4. The molecule has 1 amide bonds. The van der Waals surface area contributed by atoms with Crippen LogP contribution in [0.5, 0.6) is 5.75 Å². The molecule has 0 aliphatic heterocycles. The number of hydrogen-bond donors (Lipinski definition) is 1. The topological polar surface area (TPSA) is 64.6 Å². The second-order valence-corrected chi connectivity index (χ2v) is 4.36. The number of esters is 1. The molecule has 2 aromatic rings. The number of hydrogen-bond acceptors (Lipinski definition) is 4. The van der Waals surface area contributed by atoms with E-state index in [0.29, 0.717) is 17.0 Å². The van der Waals surface area contributed by atoms with Crippen molar-refractivity contribution in [1.82, 2.24) is 0 Å². The van der Waals surface area contributed by atoms with Crippen molar-refractivity contribution >= 4 is 17.6 Å². The number of anilines is 1. The third-order valence-corrected chi connectivity index (χ3v) is 2.75. The van der Waals surface area contributed by atoms with Gasteiger partial charge in [-0.25, -0.2) is 9.18 Å². The van der Waals surface area contributed by atoms with E-state index >= 15 is 0 Å². The summed E-state index contributed by atoms with van der Waals surface area (Å²) in [7, 11) is 1.30. The Kier molecular flexibility index (Phi) is 5.08. The van der Waals surface area contributed by atoms with Gasteiger partial charge in [-0.05, 0) is 42.5 Å². The summed E-state index contributed by atoms with van der Waals surface area (Å²) in [5.74, 6) is -0.864. The van der Waals surface area contributed by atoms with E-state index in [1.165, 1.54) is 37.4 Å². The molecule has 0 saturated carbocycles. The predicted molar refractivity (Wildman–Crippen MR) is 78.3 cm³/mol. The average molecular weight is 303 g/mol. The molecular weight excluding hydrogens is 289 g/mol. The van der Waals surface area contributed by atoms with Crippen molar-refractivity contribution < 1.29 is 23.5 Å². The van der Waals surface area contributed by atoms with Crippen molar-refractivity contribution in [3.05, 3.63) is 59.9 Å².